The van der Waals surface area contributed by atoms with Crippen molar-refractivity contribution in [1.82, 2.24) is 14.7 Å². The second-order valence-corrected chi connectivity index (χ2v) is 7.12. The Kier molecular flexibility index (Phi) is 4.76. The van der Waals surface area contributed by atoms with E-state index in [0.29, 0.717) is 28.1 Å². The fraction of sp³-hybridized carbons (Fsp3) is 0.214. The lowest BCUT2D eigenvalue weighted by Crippen LogP contribution is -2.33. The van der Waals surface area contributed by atoms with Gasteiger partial charge in [0.25, 0.3) is 11.5 Å². The van der Waals surface area contributed by atoms with Gasteiger partial charge in [-0.15, -0.1) is 22.7 Å². The summed E-state index contributed by atoms with van der Waals surface area (Å²) in [6.45, 7) is 0.703. The Bertz CT molecular complexity index is 916. The van der Waals surface area contributed by atoms with E-state index < -0.39 is 11.5 Å². The standard InChI is InChI=1S/C14H12ClN3O3S2/c1-21-5-4-16-12(19)8-6-17-14-18(13(8)20)9(7-22-14)10-2-3-11(15)23-10/h2-3,6-7H,4-5H2,1H3,(H,16,19). The zero-order chi connectivity index (χ0) is 16.4. The van der Waals surface area contributed by atoms with Gasteiger partial charge in [-0.25, -0.2) is 9.38 Å². The number of carbonyl (C=O) groups is 1. The van der Waals surface area contributed by atoms with Gasteiger partial charge >= 0.3 is 0 Å². The van der Waals surface area contributed by atoms with Crippen LogP contribution in [0.3, 0.4) is 0 Å². The molecule has 1 amide bonds. The highest BCUT2D eigenvalue weighted by Crippen LogP contribution is 2.32. The second-order valence-electron chi connectivity index (χ2n) is 4.57. The number of nitrogens with one attached hydrogen (secondary N) is 1. The Morgan fingerprint density at radius 2 is 2.30 bits per heavy atom. The maximum atomic E-state index is 12.7. The van der Waals surface area contributed by atoms with Gasteiger partial charge in [-0.1, -0.05) is 11.6 Å². The highest BCUT2D eigenvalue weighted by Gasteiger charge is 2.17. The molecule has 23 heavy (non-hydrogen) atoms. The zero-order valence-electron chi connectivity index (χ0n) is 12.0. The Balaban J connectivity index is 2.04. The van der Waals surface area contributed by atoms with Crippen molar-refractivity contribution in [3.05, 3.63) is 44.0 Å². The first kappa shape index (κ1) is 16.1. The minimum absolute atomic E-state index is 0.000839. The molecule has 3 aromatic heterocycles. The van der Waals surface area contributed by atoms with Crippen molar-refractivity contribution in [3.8, 4) is 10.6 Å². The Labute approximate surface area is 144 Å². The molecular weight excluding hydrogens is 358 g/mol. The van der Waals surface area contributed by atoms with Gasteiger partial charge in [0, 0.05) is 25.2 Å². The number of hydrogen-bond donors (Lipinski definition) is 1. The van der Waals surface area contributed by atoms with Gasteiger partial charge < -0.3 is 10.1 Å². The van der Waals surface area contributed by atoms with Crippen LogP contribution in [0.15, 0.2) is 28.5 Å². The van der Waals surface area contributed by atoms with E-state index in [-0.39, 0.29) is 5.56 Å². The van der Waals surface area contributed by atoms with E-state index in [4.69, 9.17) is 16.3 Å². The largest absolute Gasteiger partial charge is 0.383 e. The van der Waals surface area contributed by atoms with Gasteiger partial charge in [0.05, 0.1) is 21.5 Å². The van der Waals surface area contributed by atoms with Crippen LogP contribution in [0.1, 0.15) is 10.4 Å². The lowest BCUT2D eigenvalue weighted by Gasteiger charge is -2.05. The summed E-state index contributed by atoms with van der Waals surface area (Å²) in [4.78, 5) is 30.4. The van der Waals surface area contributed by atoms with E-state index in [1.54, 1.807) is 13.2 Å². The molecule has 9 heteroatoms. The summed E-state index contributed by atoms with van der Waals surface area (Å²) in [5.41, 5.74) is 0.289. The first-order valence-corrected chi connectivity index (χ1v) is 8.71. The number of carbonyl (C=O) groups excluding carboxylic acids is 1. The third-order valence-corrected chi connectivity index (χ3v) is 5.20. The van der Waals surface area contributed by atoms with E-state index in [1.807, 2.05) is 11.4 Å². The van der Waals surface area contributed by atoms with Gasteiger partial charge in [0.1, 0.15) is 5.56 Å². The van der Waals surface area contributed by atoms with E-state index >= 15 is 0 Å². The first-order chi connectivity index (χ1) is 11.1. The summed E-state index contributed by atoms with van der Waals surface area (Å²) in [5.74, 6) is -0.463. The normalized spacial score (nSPS) is 11.0. The van der Waals surface area contributed by atoms with Crippen molar-refractivity contribution >= 4 is 45.1 Å². The Morgan fingerprint density at radius 3 is 3.00 bits per heavy atom. The quantitative estimate of drug-likeness (QED) is 0.701. The van der Waals surface area contributed by atoms with Crippen LogP contribution in [-0.4, -0.2) is 35.6 Å². The molecule has 0 aliphatic rings. The predicted molar refractivity (Wildman–Crippen MR) is 91.9 cm³/mol. The maximum Gasteiger partial charge on any atom is 0.271 e. The lowest BCUT2D eigenvalue weighted by molar-refractivity contribution is 0.0935. The molecule has 120 valence electrons. The van der Waals surface area contributed by atoms with Crippen molar-refractivity contribution in [2.75, 3.05) is 20.3 Å². The molecule has 0 aromatic carbocycles. The molecule has 1 N–H and O–H groups in total. The SMILES string of the molecule is COCCNC(=O)c1cnc2scc(-c3ccc(Cl)s3)n2c1=O. The van der Waals surface area contributed by atoms with Crippen molar-refractivity contribution < 1.29 is 9.53 Å². The molecule has 0 radical (unpaired) electrons. The molecule has 3 aromatic rings. The van der Waals surface area contributed by atoms with Gasteiger partial charge in [-0.3, -0.25) is 9.59 Å². The van der Waals surface area contributed by atoms with Crippen LogP contribution >= 0.6 is 34.3 Å². The van der Waals surface area contributed by atoms with E-state index in [9.17, 15) is 9.59 Å². The molecule has 6 nitrogen and oxygen atoms in total. The number of hydrogen-bond acceptors (Lipinski definition) is 6. The average molecular weight is 370 g/mol. The number of nitrogens with zero attached hydrogens (tertiary/aromatic N) is 2. The van der Waals surface area contributed by atoms with Gasteiger partial charge in [-0.2, -0.15) is 0 Å². The van der Waals surface area contributed by atoms with Crippen molar-refractivity contribution in [1.29, 1.82) is 0 Å². The summed E-state index contributed by atoms with van der Waals surface area (Å²) in [5, 5.41) is 4.46. The van der Waals surface area contributed by atoms with Crippen molar-refractivity contribution in [3.63, 3.8) is 0 Å². The van der Waals surface area contributed by atoms with E-state index in [2.05, 4.69) is 10.3 Å². The molecule has 3 rings (SSSR count). The second kappa shape index (κ2) is 6.79. The number of ether oxygens (including phenoxy) is 1. The zero-order valence-corrected chi connectivity index (χ0v) is 14.4. The van der Waals surface area contributed by atoms with Gasteiger partial charge in [0.2, 0.25) is 0 Å². The van der Waals surface area contributed by atoms with Crippen molar-refractivity contribution in [2.24, 2.45) is 0 Å². The molecule has 0 aliphatic carbocycles. The lowest BCUT2D eigenvalue weighted by atomic mass is 10.3. The molecule has 0 aliphatic heterocycles. The van der Waals surface area contributed by atoms with Crippen LogP contribution in [0.2, 0.25) is 4.34 Å². The number of rotatable bonds is 5. The summed E-state index contributed by atoms with van der Waals surface area (Å²) in [6, 6.07) is 3.61. The minimum atomic E-state index is -0.463. The number of aromatic nitrogens is 2. The average Bonchev–Trinajstić information content (AvgIpc) is 3.14. The van der Waals surface area contributed by atoms with Crippen LogP contribution in [0.4, 0.5) is 0 Å². The Hall–Kier alpha value is -1.74. The smallest absolute Gasteiger partial charge is 0.271 e. The minimum Gasteiger partial charge on any atom is -0.383 e. The Morgan fingerprint density at radius 1 is 1.48 bits per heavy atom. The molecule has 0 bridgehead atoms. The van der Waals surface area contributed by atoms with E-state index in [1.165, 1.54) is 33.3 Å². The molecule has 3 heterocycles. The monoisotopic (exact) mass is 369 g/mol. The van der Waals surface area contributed by atoms with Gasteiger partial charge in [0.15, 0.2) is 4.96 Å². The highest BCUT2D eigenvalue weighted by atomic mass is 35.5. The predicted octanol–water partition coefficient (Wildman–Crippen LogP) is 2.51. The number of fused-ring (bicyclic) bond motifs is 1. The van der Waals surface area contributed by atoms with Gasteiger partial charge in [-0.05, 0) is 12.1 Å². The summed E-state index contributed by atoms with van der Waals surface area (Å²) in [6.07, 6.45) is 1.31. The highest BCUT2D eigenvalue weighted by molar-refractivity contribution is 7.20. The number of thiophene rings is 1. The molecule has 0 fully saturated rings. The summed E-state index contributed by atoms with van der Waals surface area (Å²) < 4.78 is 6.95. The van der Waals surface area contributed by atoms with Crippen LogP contribution in [-0.2, 0) is 4.74 Å². The fourth-order valence-corrected chi connectivity index (χ4v) is 4.01. The van der Waals surface area contributed by atoms with Crippen LogP contribution < -0.4 is 10.9 Å². The fourth-order valence-electron chi connectivity index (χ4n) is 2.03. The molecule has 0 saturated heterocycles. The number of halogens is 1. The summed E-state index contributed by atoms with van der Waals surface area (Å²) >= 11 is 8.67. The molecular formula is C14H12ClN3O3S2. The number of methoxy groups -OCH3 is 1. The third kappa shape index (κ3) is 3.16. The number of thiazole rings is 1. The number of amides is 1. The van der Waals surface area contributed by atoms with E-state index in [0.717, 1.165) is 4.88 Å². The molecule has 0 unspecified atom stereocenters. The maximum absolute atomic E-state index is 12.7. The van der Waals surface area contributed by atoms with Crippen LogP contribution in [0.25, 0.3) is 15.5 Å². The third-order valence-electron chi connectivity index (χ3n) is 3.11. The van der Waals surface area contributed by atoms with Crippen LogP contribution in [0, 0.1) is 0 Å². The molecule has 0 saturated carbocycles. The van der Waals surface area contributed by atoms with Crippen LogP contribution in [0.5, 0.6) is 0 Å². The molecule has 0 atom stereocenters. The topological polar surface area (TPSA) is 72.7 Å². The summed E-state index contributed by atoms with van der Waals surface area (Å²) in [7, 11) is 1.54. The molecule has 0 spiro atoms. The first-order valence-electron chi connectivity index (χ1n) is 6.64. The van der Waals surface area contributed by atoms with Crippen molar-refractivity contribution in [2.45, 2.75) is 0 Å².